The molecule has 3 aromatic rings. The molecule has 3 heterocycles. The lowest BCUT2D eigenvalue weighted by Gasteiger charge is -2.35. The number of thiazole rings is 1. The van der Waals surface area contributed by atoms with Crippen molar-refractivity contribution in [1.82, 2.24) is 14.8 Å². The maximum Gasteiger partial charge on any atom is 0.185 e. The van der Waals surface area contributed by atoms with Crippen LogP contribution in [-0.4, -0.2) is 67.1 Å². The number of anilines is 1. The van der Waals surface area contributed by atoms with E-state index in [-0.39, 0.29) is 11.6 Å². The van der Waals surface area contributed by atoms with Crippen molar-refractivity contribution in [3.8, 4) is 0 Å². The Labute approximate surface area is 223 Å². The van der Waals surface area contributed by atoms with Crippen LogP contribution in [0.5, 0.6) is 0 Å². The minimum absolute atomic E-state index is 0.239. The second-order valence-corrected chi connectivity index (χ2v) is 11.3. The number of halogens is 2. The van der Waals surface area contributed by atoms with Gasteiger partial charge in [0.2, 0.25) is 0 Å². The van der Waals surface area contributed by atoms with Gasteiger partial charge in [0.1, 0.15) is 11.6 Å². The maximum absolute atomic E-state index is 13.6. The second kappa shape index (κ2) is 11.8. The van der Waals surface area contributed by atoms with Crippen LogP contribution in [-0.2, 0) is 0 Å². The summed E-state index contributed by atoms with van der Waals surface area (Å²) in [4.78, 5) is 13.6. The van der Waals surface area contributed by atoms with Crippen LogP contribution in [0.15, 0.2) is 54.1 Å². The molecule has 0 aliphatic carbocycles. The number of piperazine rings is 1. The van der Waals surface area contributed by atoms with E-state index in [0.29, 0.717) is 0 Å². The van der Waals surface area contributed by atoms with Gasteiger partial charge in [-0.05, 0) is 87.2 Å². The molecule has 1 aromatic heterocycles. The fourth-order valence-corrected chi connectivity index (χ4v) is 6.34. The van der Waals surface area contributed by atoms with Gasteiger partial charge in [-0.2, -0.15) is 0 Å². The quantitative estimate of drug-likeness (QED) is 0.371. The monoisotopic (exact) mass is 522 g/mol. The predicted molar refractivity (Wildman–Crippen MR) is 149 cm³/mol. The Morgan fingerprint density at radius 1 is 0.757 bits per heavy atom. The third kappa shape index (κ3) is 6.46. The Balaban J connectivity index is 1.13. The van der Waals surface area contributed by atoms with Gasteiger partial charge in [-0.15, -0.1) is 11.3 Å². The normalized spacial score (nSPS) is 17.4. The number of nitrogens with zero attached hydrogens (tertiary/aromatic N) is 4. The summed E-state index contributed by atoms with van der Waals surface area (Å²) in [5, 5.41) is 1.17. The van der Waals surface area contributed by atoms with Gasteiger partial charge < -0.3 is 9.80 Å². The summed E-state index contributed by atoms with van der Waals surface area (Å²) in [6, 6.07) is 13.4. The molecule has 0 radical (unpaired) electrons. The fourth-order valence-electron chi connectivity index (χ4n) is 5.38. The first-order chi connectivity index (χ1) is 18.0. The van der Waals surface area contributed by atoms with E-state index in [4.69, 9.17) is 4.98 Å². The molecule has 196 valence electrons. The molecular weight excluding hydrogens is 486 g/mol. The first kappa shape index (κ1) is 26.0. The van der Waals surface area contributed by atoms with Gasteiger partial charge in [0, 0.05) is 44.1 Å². The minimum Gasteiger partial charge on any atom is -0.346 e. The zero-order valence-electron chi connectivity index (χ0n) is 21.9. The Morgan fingerprint density at radius 2 is 1.27 bits per heavy atom. The highest BCUT2D eigenvalue weighted by atomic mass is 32.1. The van der Waals surface area contributed by atoms with Crippen molar-refractivity contribution in [2.24, 2.45) is 0 Å². The van der Waals surface area contributed by atoms with E-state index in [2.05, 4.69) is 28.5 Å². The topological polar surface area (TPSA) is 22.6 Å². The zero-order chi connectivity index (χ0) is 25.8. The molecule has 4 nitrogen and oxygen atoms in total. The fraction of sp³-hybridized carbons (Fsp3) is 0.433. The Hall–Kier alpha value is -2.61. The molecule has 2 aliphatic rings. The van der Waals surface area contributed by atoms with Gasteiger partial charge in [0.25, 0.3) is 0 Å². The standard InChI is InChI=1S/C30H36F2N4S/c1-22-23(2)37-30(33-22)36-20-18-35(19-21-36)15-3-14-34-16-12-26(13-17-34)29(24-4-8-27(31)9-5-24)25-6-10-28(32)11-7-25/h4-11H,3,12-21H2,1-2H3. The van der Waals surface area contributed by atoms with Crippen molar-refractivity contribution >= 4 is 22.0 Å². The number of benzene rings is 2. The van der Waals surface area contributed by atoms with Crippen LogP contribution in [0.4, 0.5) is 13.9 Å². The zero-order valence-corrected chi connectivity index (χ0v) is 22.7. The van der Waals surface area contributed by atoms with E-state index in [1.165, 1.54) is 46.3 Å². The van der Waals surface area contributed by atoms with E-state index in [9.17, 15) is 8.78 Å². The first-order valence-corrected chi connectivity index (χ1v) is 14.2. The second-order valence-electron chi connectivity index (χ2n) is 10.2. The number of piperidine rings is 1. The molecule has 0 bridgehead atoms. The highest BCUT2D eigenvalue weighted by molar-refractivity contribution is 7.15. The molecule has 2 fully saturated rings. The van der Waals surface area contributed by atoms with Crippen LogP contribution in [0.25, 0.3) is 5.57 Å². The number of aryl methyl sites for hydroxylation is 2. The van der Waals surface area contributed by atoms with E-state index in [1.54, 1.807) is 0 Å². The number of hydrogen-bond acceptors (Lipinski definition) is 5. The molecule has 0 amide bonds. The third-order valence-corrected chi connectivity index (χ3v) is 8.82. The number of likely N-dealkylation sites (tertiary alicyclic amines) is 1. The number of aromatic nitrogens is 1. The summed E-state index contributed by atoms with van der Waals surface area (Å²) in [6.45, 7) is 12.9. The smallest absolute Gasteiger partial charge is 0.185 e. The van der Waals surface area contributed by atoms with Gasteiger partial charge in [-0.25, -0.2) is 13.8 Å². The van der Waals surface area contributed by atoms with Gasteiger partial charge in [0.15, 0.2) is 5.13 Å². The molecule has 0 spiro atoms. The van der Waals surface area contributed by atoms with Gasteiger partial charge >= 0.3 is 0 Å². The molecule has 2 aromatic carbocycles. The lowest BCUT2D eigenvalue weighted by Crippen LogP contribution is -2.47. The SMILES string of the molecule is Cc1nc(N2CCN(CCCN3CCC(=C(c4ccc(F)cc4)c4ccc(F)cc4)CC3)CC2)sc1C. The van der Waals surface area contributed by atoms with E-state index in [0.717, 1.165) is 87.6 Å². The maximum atomic E-state index is 13.6. The molecule has 0 N–H and O–H groups in total. The number of rotatable bonds is 7. The molecule has 5 rings (SSSR count). The van der Waals surface area contributed by atoms with E-state index < -0.39 is 0 Å². The van der Waals surface area contributed by atoms with Crippen molar-refractivity contribution in [1.29, 1.82) is 0 Å². The molecule has 0 saturated carbocycles. The summed E-state index contributed by atoms with van der Waals surface area (Å²) in [7, 11) is 0. The molecule has 2 aliphatic heterocycles. The molecule has 0 atom stereocenters. The molecule has 0 unspecified atom stereocenters. The van der Waals surface area contributed by atoms with Crippen LogP contribution >= 0.6 is 11.3 Å². The van der Waals surface area contributed by atoms with E-state index in [1.807, 2.05) is 35.6 Å². The summed E-state index contributed by atoms with van der Waals surface area (Å²) in [5.41, 5.74) is 5.66. The molecular formula is C30H36F2N4S. The summed E-state index contributed by atoms with van der Waals surface area (Å²) < 4.78 is 27.2. The minimum atomic E-state index is -0.239. The summed E-state index contributed by atoms with van der Waals surface area (Å²) >= 11 is 1.81. The average molecular weight is 523 g/mol. The first-order valence-electron chi connectivity index (χ1n) is 13.3. The Morgan fingerprint density at radius 3 is 1.76 bits per heavy atom. The van der Waals surface area contributed by atoms with Gasteiger partial charge in [0.05, 0.1) is 5.69 Å². The lowest BCUT2D eigenvalue weighted by molar-refractivity contribution is 0.212. The molecule has 2 saturated heterocycles. The highest BCUT2D eigenvalue weighted by Crippen LogP contribution is 2.33. The summed E-state index contributed by atoms with van der Waals surface area (Å²) in [5.74, 6) is -0.478. The molecule has 37 heavy (non-hydrogen) atoms. The van der Waals surface area contributed by atoms with Crippen LogP contribution in [0.3, 0.4) is 0 Å². The van der Waals surface area contributed by atoms with Crippen LogP contribution in [0, 0.1) is 25.5 Å². The van der Waals surface area contributed by atoms with Crippen molar-refractivity contribution < 1.29 is 8.78 Å². The van der Waals surface area contributed by atoms with Crippen LogP contribution < -0.4 is 4.90 Å². The van der Waals surface area contributed by atoms with Crippen LogP contribution in [0.2, 0.25) is 0 Å². The van der Waals surface area contributed by atoms with Gasteiger partial charge in [-0.3, -0.25) is 4.90 Å². The van der Waals surface area contributed by atoms with Crippen LogP contribution in [0.1, 0.15) is 41.0 Å². The Kier molecular flexibility index (Phi) is 8.33. The Bertz CT molecular complexity index is 1130. The highest BCUT2D eigenvalue weighted by Gasteiger charge is 2.22. The van der Waals surface area contributed by atoms with Crippen molar-refractivity contribution in [2.75, 3.05) is 57.3 Å². The average Bonchev–Trinajstić information content (AvgIpc) is 3.25. The summed E-state index contributed by atoms with van der Waals surface area (Å²) in [6.07, 6.45) is 3.14. The van der Waals surface area contributed by atoms with Crippen molar-refractivity contribution in [2.45, 2.75) is 33.1 Å². The predicted octanol–water partition coefficient (Wildman–Crippen LogP) is 6.15. The van der Waals surface area contributed by atoms with Crippen molar-refractivity contribution in [3.63, 3.8) is 0 Å². The van der Waals surface area contributed by atoms with Gasteiger partial charge in [-0.1, -0.05) is 29.8 Å². The lowest BCUT2D eigenvalue weighted by atomic mass is 9.88. The molecule has 7 heteroatoms. The van der Waals surface area contributed by atoms with E-state index >= 15 is 0 Å². The largest absolute Gasteiger partial charge is 0.346 e. The number of hydrogen-bond donors (Lipinski definition) is 0. The van der Waals surface area contributed by atoms with Crippen molar-refractivity contribution in [3.05, 3.63) is 87.4 Å². The third-order valence-electron chi connectivity index (χ3n) is 7.69.